The molecule has 17 heteroatoms. The Bertz CT molecular complexity index is 797. The molecule has 0 spiro atoms. The molecule has 41 heavy (non-hydrogen) atoms. The molecule has 2 unspecified atom stereocenters. The first-order valence-electron chi connectivity index (χ1n) is 12.6. The van der Waals surface area contributed by atoms with Gasteiger partial charge in [0.2, 0.25) is 5.78 Å². The Balaban J connectivity index is 0.000000286. The van der Waals surface area contributed by atoms with Crippen molar-refractivity contribution in [2.45, 2.75) is 49.1 Å². The molecule has 5 heterocycles. The molecule has 5 aliphatic rings. The summed E-state index contributed by atoms with van der Waals surface area (Å²) in [6.07, 6.45) is 5.87. The lowest BCUT2D eigenvalue weighted by Gasteiger charge is -2.43. The fraction of sp³-hybridized carbons (Fsp3) is 0.833. The zero-order valence-corrected chi connectivity index (χ0v) is 25.8. The molecule has 0 aromatic rings. The molecule has 14 nitrogen and oxygen atoms in total. The van der Waals surface area contributed by atoms with Crippen molar-refractivity contribution >= 4 is 59.0 Å². The van der Waals surface area contributed by atoms with Gasteiger partial charge in [0.15, 0.2) is 0 Å². The largest absolute Gasteiger partial charge is 0.476 e. The fourth-order valence-corrected chi connectivity index (χ4v) is 4.65. The van der Waals surface area contributed by atoms with E-state index in [0.717, 1.165) is 11.5 Å². The van der Waals surface area contributed by atoms with Gasteiger partial charge in [0.1, 0.15) is 24.9 Å². The van der Waals surface area contributed by atoms with Crippen LogP contribution >= 0.6 is 35.3 Å². The van der Waals surface area contributed by atoms with E-state index >= 15 is 0 Å². The Kier molecular flexibility index (Phi) is 18.4. The molecule has 2 atom stereocenters. The highest BCUT2D eigenvalue weighted by molar-refractivity contribution is 7.99. The van der Waals surface area contributed by atoms with Crippen molar-refractivity contribution in [1.82, 2.24) is 0 Å². The molecule has 4 N–H and O–H groups in total. The third-order valence-electron chi connectivity index (χ3n) is 5.62. The third-order valence-corrected chi connectivity index (χ3v) is 7.46. The van der Waals surface area contributed by atoms with Crippen molar-refractivity contribution in [3.63, 3.8) is 0 Å². The maximum atomic E-state index is 11.4. The molecule has 5 rings (SSSR count). The van der Waals surface area contributed by atoms with Gasteiger partial charge in [0.05, 0.1) is 33.0 Å². The number of hydrogen-bond donors (Lipinski definition) is 4. The van der Waals surface area contributed by atoms with Crippen LogP contribution < -0.4 is 0 Å². The average Bonchev–Trinajstić information content (AvgIpc) is 3.35. The maximum absolute atomic E-state index is 11.4. The van der Waals surface area contributed by atoms with Crippen molar-refractivity contribution in [1.29, 1.82) is 0 Å². The average molecular weight is 649 g/mol. The number of cyclic esters (lactones) is 1. The number of carboxylic acids is 1. The molecule has 4 bridgehead atoms. The van der Waals surface area contributed by atoms with Crippen LogP contribution in [-0.2, 0) is 47.6 Å². The molecule has 238 valence electrons. The standard InChI is InChI=1S/2C8H12O4S.C5H8O3S.C3H8O3/c1-13-3-2-8-7(9)12-6(4-10-8)5-11-8;1-13-3-2-8-7(9)10-4-6(12-8)5-11-8;1-9-3-2-4(6)5(7)8;4-1-3(6)2-5/h2*6H,2-5H2,1H3;2-3H2,1H3,(H,7,8);3-6H,1-2H2. The normalized spacial score (nSPS) is 27.3. The van der Waals surface area contributed by atoms with Crippen LogP contribution in [0.15, 0.2) is 0 Å². The smallest absolute Gasteiger partial charge is 0.372 e. The summed E-state index contributed by atoms with van der Waals surface area (Å²) in [6, 6.07) is 0. The number of rotatable bonds is 12. The van der Waals surface area contributed by atoms with Gasteiger partial charge >= 0.3 is 17.9 Å². The number of carboxylic acid groups (broad SMARTS) is 1. The first kappa shape index (κ1) is 37.9. The molecular formula is C24H40O14S3. The predicted molar refractivity (Wildman–Crippen MR) is 151 cm³/mol. The quantitative estimate of drug-likeness (QED) is 0.156. The van der Waals surface area contributed by atoms with Crippen molar-refractivity contribution in [3.05, 3.63) is 0 Å². The molecule has 0 aromatic carbocycles. The number of carbonyl (C=O) groups excluding carboxylic acids is 3. The maximum Gasteiger partial charge on any atom is 0.372 e. The van der Waals surface area contributed by atoms with Crippen LogP contribution in [0.5, 0.6) is 0 Å². The summed E-state index contributed by atoms with van der Waals surface area (Å²) in [5.74, 6) is -2.66. The summed E-state index contributed by atoms with van der Waals surface area (Å²) >= 11 is 4.79. The number of ketones is 1. The first-order chi connectivity index (χ1) is 19.5. The number of ether oxygens (including phenoxy) is 6. The highest BCUT2D eigenvalue weighted by Gasteiger charge is 2.53. The van der Waals surface area contributed by atoms with Gasteiger partial charge in [-0.1, -0.05) is 0 Å². The van der Waals surface area contributed by atoms with Crippen LogP contribution in [0.1, 0.15) is 19.3 Å². The van der Waals surface area contributed by atoms with E-state index in [1.54, 1.807) is 23.5 Å². The summed E-state index contributed by atoms with van der Waals surface area (Å²) in [6.45, 7) is 1.02. The second kappa shape index (κ2) is 19.9. The van der Waals surface area contributed by atoms with E-state index in [1.165, 1.54) is 11.8 Å². The Hall–Kier alpha value is -1.15. The van der Waals surface area contributed by atoms with Gasteiger partial charge in [0.25, 0.3) is 11.6 Å². The zero-order chi connectivity index (χ0) is 30.9. The van der Waals surface area contributed by atoms with Crippen LogP contribution in [0.3, 0.4) is 0 Å². The van der Waals surface area contributed by atoms with Gasteiger partial charge in [-0.15, -0.1) is 0 Å². The number of fused-ring (bicyclic) bond motifs is 5. The topological polar surface area (TPSA) is 205 Å². The van der Waals surface area contributed by atoms with E-state index in [4.69, 9.17) is 48.8 Å². The first-order valence-corrected chi connectivity index (χ1v) is 16.8. The summed E-state index contributed by atoms with van der Waals surface area (Å²) in [5, 5.41) is 32.1. The number of esters is 2. The van der Waals surface area contributed by atoms with E-state index in [2.05, 4.69) is 0 Å². The molecule has 5 aliphatic heterocycles. The van der Waals surface area contributed by atoms with Gasteiger partial charge < -0.3 is 48.8 Å². The van der Waals surface area contributed by atoms with Gasteiger partial charge in [-0.05, 0) is 30.3 Å². The highest BCUT2D eigenvalue weighted by atomic mass is 32.2. The lowest BCUT2D eigenvalue weighted by Crippen LogP contribution is -2.60. The molecule has 0 saturated carbocycles. The van der Waals surface area contributed by atoms with Gasteiger partial charge in [-0.25, -0.2) is 14.4 Å². The lowest BCUT2D eigenvalue weighted by atomic mass is 10.1. The van der Waals surface area contributed by atoms with Crippen LogP contribution in [0.4, 0.5) is 0 Å². The summed E-state index contributed by atoms with van der Waals surface area (Å²) in [4.78, 5) is 42.9. The SMILES string of the molecule is CSCCC(=O)C(=O)O.CSCCC12OCC(CO1)OC2=O.CSCCC12OCC(COC1=O)O2.OCC(O)CO. The fourth-order valence-electron chi connectivity index (χ4n) is 3.32. The molecule has 0 radical (unpaired) electrons. The monoisotopic (exact) mass is 648 g/mol. The van der Waals surface area contributed by atoms with Crippen molar-refractivity contribution in [2.24, 2.45) is 0 Å². The van der Waals surface area contributed by atoms with E-state index in [0.29, 0.717) is 45.0 Å². The number of aliphatic hydroxyl groups excluding tert-OH is 3. The van der Waals surface area contributed by atoms with E-state index in [-0.39, 0.29) is 43.8 Å². The molecule has 5 saturated heterocycles. The summed E-state index contributed by atoms with van der Waals surface area (Å²) in [7, 11) is 0. The molecule has 0 amide bonds. The summed E-state index contributed by atoms with van der Waals surface area (Å²) < 4.78 is 31.6. The molecule has 0 aromatic heterocycles. The van der Waals surface area contributed by atoms with E-state index in [9.17, 15) is 19.2 Å². The number of carbonyl (C=O) groups is 4. The van der Waals surface area contributed by atoms with Crippen LogP contribution in [-0.4, -0.2) is 150 Å². The second-order valence-corrected chi connectivity index (χ2v) is 11.7. The van der Waals surface area contributed by atoms with Gasteiger partial charge in [0, 0.05) is 25.0 Å². The van der Waals surface area contributed by atoms with Gasteiger partial charge in [-0.3, -0.25) is 4.79 Å². The second-order valence-electron chi connectivity index (χ2n) is 8.78. The number of hydrogen-bond acceptors (Lipinski definition) is 16. The summed E-state index contributed by atoms with van der Waals surface area (Å²) in [5.41, 5.74) is 0. The molecular weight excluding hydrogens is 608 g/mol. The van der Waals surface area contributed by atoms with E-state index < -0.39 is 29.4 Å². The van der Waals surface area contributed by atoms with Crippen LogP contribution in [0.25, 0.3) is 0 Å². The minimum absolute atomic E-state index is 0.0560. The Morgan fingerprint density at radius 1 is 0.829 bits per heavy atom. The minimum Gasteiger partial charge on any atom is -0.476 e. The van der Waals surface area contributed by atoms with Gasteiger partial charge in [-0.2, -0.15) is 35.3 Å². The number of aliphatic hydroxyl groups is 3. The van der Waals surface area contributed by atoms with E-state index in [1.807, 2.05) is 18.8 Å². The molecule has 5 fully saturated rings. The zero-order valence-electron chi connectivity index (χ0n) is 23.3. The third kappa shape index (κ3) is 12.5. The number of aliphatic carboxylic acids is 1. The predicted octanol–water partition coefficient (Wildman–Crippen LogP) is -0.459. The van der Waals surface area contributed by atoms with Crippen molar-refractivity contribution < 1.29 is 68.0 Å². The van der Waals surface area contributed by atoms with Crippen molar-refractivity contribution in [2.75, 3.05) is 75.7 Å². The lowest BCUT2D eigenvalue weighted by molar-refractivity contribution is -0.328. The Labute approximate surface area is 251 Å². The molecule has 0 aliphatic carbocycles. The number of Topliss-reactive ketones (excluding diaryl/α,β-unsaturated/α-hetero) is 1. The van der Waals surface area contributed by atoms with Crippen LogP contribution in [0, 0.1) is 0 Å². The number of thioether (sulfide) groups is 3. The Morgan fingerprint density at radius 3 is 1.80 bits per heavy atom. The van der Waals surface area contributed by atoms with Crippen molar-refractivity contribution in [3.8, 4) is 0 Å². The minimum atomic E-state index is -1.33. The van der Waals surface area contributed by atoms with Crippen LogP contribution in [0.2, 0.25) is 0 Å². The highest BCUT2D eigenvalue weighted by Crippen LogP contribution is 2.34. The Morgan fingerprint density at radius 2 is 1.34 bits per heavy atom.